The lowest BCUT2D eigenvalue weighted by atomic mass is 9.64. The number of hydrogen-bond acceptors (Lipinski definition) is 3. The molecule has 1 aliphatic carbocycles. The molecule has 0 bridgehead atoms. The number of nitrogens with zero attached hydrogens (tertiary/aromatic N) is 2. The molecule has 1 aromatic carbocycles. The number of nitriles is 1. The van der Waals surface area contributed by atoms with Gasteiger partial charge in [0.25, 0.3) is 0 Å². The summed E-state index contributed by atoms with van der Waals surface area (Å²) < 4.78 is 0. The van der Waals surface area contributed by atoms with Crippen LogP contribution < -0.4 is 4.90 Å². The number of benzene rings is 1. The van der Waals surface area contributed by atoms with E-state index in [0.717, 1.165) is 44.2 Å². The van der Waals surface area contributed by atoms with Crippen LogP contribution in [0.5, 0.6) is 0 Å². The zero-order valence-electron chi connectivity index (χ0n) is 11.4. The number of aliphatic hydroxyl groups is 1. The molecule has 1 aromatic rings. The molecule has 3 nitrogen and oxygen atoms in total. The first-order valence-corrected chi connectivity index (χ1v) is 7.09. The third-order valence-corrected chi connectivity index (χ3v) is 4.76. The number of hydrogen-bond donors (Lipinski definition) is 1. The second kappa shape index (κ2) is 4.54. The predicted molar refractivity (Wildman–Crippen MR) is 74.9 cm³/mol. The van der Waals surface area contributed by atoms with E-state index in [1.165, 1.54) is 11.3 Å². The fourth-order valence-corrected chi connectivity index (χ4v) is 3.30. The van der Waals surface area contributed by atoms with E-state index in [0.29, 0.717) is 0 Å². The molecule has 0 spiro atoms. The first-order chi connectivity index (χ1) is 9.16. The molecule has 1 heterocycles. The molecule has 0 radical (unpaired) electrons. The van der Waals surface area contributed by atoms with Crippen molar-refractivity contribution in [3.63, 3.8) is 0 Å². The van der Waals surface area contributed by atoms with Gasteiger partial charge in [-0.05, 0) is 42.9 Å². The molecule has 100 valence electrons. The van der Waals surface area contributed by atoms with E-state index in [9.17, 15) is 10.4 Å². The Morgan fingerprint density at radius 3 is 2.79 bits per heavy atom. The topological polar surface area (TPSA) is 47.3 Å². The third kappa shape index (κ3) is 1.91. The van der Waals surface area contributed by atoms with Crippen LogP contribution in [0.2, 0.25) is 0 Å². The van der Waals surface area contributed by atoms with Crippen LogP contribution in [0.3, 0.4) is 0 Å². The molecule has 3 heteroatoms. The highest BCUT2D eigenvalue weighted by atomic mass is 16.3. The van der Waals surface area contributed by atoms with Crippen molar-refractivity contribution >= 4 is 5.69 Å². The number of anilines is 1. The van der Waals surface area contributed by atoms with Crippen molar-refractivity contribution in [2.45, 2.75) is 38.2 Å². The molecule has 1 saturated carbocycles. The molecule has 3 rings (SSSR count). The average molecular weight is 256 g/mol. The summed E-state index contributed by atoms with van der Waals surface area (Å²) in [5.74, 6) is 0. The van der Waals surface area contributed by atoms with Gasteiger partial charge in [0.15, 0.2) is 0 Å². The fraction of sp³-hybridized carbons (Fsp3) is 0.562. The highest BCUT2D eigenvalue weighted by Crippen LogP contribution is 2.50. The monoisotopic (exact) mass is 256 g/mol. The van der Waals surface area contributed by atoms with Gasteiger partial charge in [-0.25, -0.2) is 0 Å². The van der Waals surface area contributed by atoms with Crippen LogP contribution in [0.25, 0.3) is 0 Å². The van der Waals surface area contributed by atoms with E-state index in [1.54, 1.807) is 0 Å². The van der Waals surface area contributed by atoms with Crippen LogP contribution >= 0.6 is 0 Å². The molecule has 0 saturated heterocycles. The predicted octanol–water partition coefficient (Wildman–Crippen LogP) is 2.80. The maximum absolute atomic E-state index is 10.5. The largest absolute Gasteiger partial charge is 0.387 e. The quantitative estimate of drug-likeness (QED) is 0.885. The SMILES string of the molecule is CN1CCCc2cc(C(O)C3(C#N)CCC3)ccc21. The number of rotatable bonds is 2. The van der Waals surface area contributed by atoms with Crippen molar-refractivity contribution in [1.82, 2.24) is 0 Å². The summed E-state index contributed by atoms with van der Waals surface area (Å²) in [5.41, 5.74) is 2.95. The first kappa shape index (κ1) is 12.5. The number of fused-ring (bicyclic) bond motifs is 1. The van der Waals surface area contributed by atoms with Gasteiger partial charge >= 0.3 is 0 Å². The zero-order chi connectivity index (χ0) is 13.5. The first-order valence-electron chi connectivity index (χ1n) is 7.09. The van der Waals surface area contributed by atoms with Gasteiger partial charge in [-0.3, -0.25) is 0 Å². The van der Waals surface area contributed by atoms with Crippen LogP contribution in [0.15, 0.2) is 18.2 Å². The number of aliphatic hydroxyl groups excluding tert-OH is 1. The van der Waals surface area contributed by atoms with E-state index in [-0.39, 0.29) is 0 Å². The minimum Gasteiger partial charge on any atom is -0.387 e. The molecule has 1 N–H and O–H groups in total. The Hall–Kier alpha value is -1.53. The lowest BCUT2D eigenvalue weighted by Gasteiger charge is -2.40. The standard InChI is InChI=1S/C16H20N2O/c1-18-9-2-4-12-10-13(5-6-14(12)18)15(19)16(11-17)7-3-8-16/h5-6,10,15,19H,2-4,7-9H2,1H3. The third-order valence-electron chi connectivity index (χ3n) is 4.76. The maximum Gasteiger partial charge on any atom is 0.0976 e. The second-order valence-electron chi connectivity index (χ2n) is 5.94. The van der Waals surface area contributed by atoms with E-state index in [4.69, 9.17) is 0 Å². The van der Waals surface area contributed by atoms with Crippen molar-refractivity contribution in [3.8, 4) is 6.07 Å². The zero-order valence-corrected chi connectivity index (χ0v) is 11.4. The minimum atomic E-state index is -0.635. The van der Waals surface area contributed by atoms with Crippen LogP contribution in [-0.2, 0) is 6.42 Å². The second-order valence-corrected chi connectivity index (χ2v) is 5.94. The van der Waals surface area contributed by atoms with Crippen molar-refractivity contribution in [2.24, 2.45) is 5.41 Å². The lowest BCUT2D eigenvalue weighted by molar-refractivity contribution is 0.00791. The Bertz CT molecular complexity index is 528. The Labute approximate surface area is 114 Å². The molecule has 0 aromatic heterocycles. The van der Waals surface area contributed by atoms with Crippen molar-refractivity contribution in [3.05, 3.63) is 29.3 Å². The molecular weight excluding hydrogens is 236 g/mol. The van der Waals surface area contributed by atoms with Gasteiger partial charge in [0.2, 0.25) is 0 Å². The molecule has 19 heavy (non-hydrogen) atoms. The van der Waals surface area contributed by atoms with Gasteiger partial charge in [0.05, 0.1) is 17.6 Å². The Morgan fingerprint density at radius 1 is 1.37 bits per heavy atom. The summed E-state index contributed by atoms with van der Waals surface area (Å²) in [7, 11) is 2.11. The fourth-order valence-electron chi connectivity index (χ4n) is 3.30. The minimum absolute atomic E-state index is 0.533. The highest BCUT2D eigenvalue weighted by Gasteiger charge is 2.44. The molecule has 1 atom stereocenters. The van der Waals surface area contributed by atoms with Gasteiger partial charge in [-0.2, -0.15) is 5.26 Å². The molecule has 1 fully saturated rings. The Kier molecular flexibility index (Phi) is 2.99. The molecule has 1 aliphatic heterocycles. The van der Waals surface area contributed by atoms with E-state index < -0.39 is 11.5 Å². The molecular formula is C16H20N2O. The van der Waals surface area contributed by atoms with E-state index in [2.05, 4.69) is 30.1 Å². The summed E-state index contributed by atoms with van der Waals surface area (Å²) >= 11 is 0. The molecule has 0 amide bonds. The maximum atomic E-state index is 10.5. The lowest BCUT2D eigenvalue weighted by Crippen LogP contribution is -2.34. The van der Waals surface area contributed by atoms with Gasteiger partial charge in [0, 0.05) is 19.3 Å². The normalized spacial score (nSPS) is 22.1. The summed E-state index contributed by atoms with van der Waals surface area (Å²) in [5, 5.41) is 19.9. The van der Waals surface area contributed by atoms with Gasteiger partial charge < -0.3 is 10.0 Å². The van der Waals surface area contributed by atoms with Crippen LogP contribution in [0.4, 0.5) is 5.69 Å². The summed E-state index contributed by atoms with van der Waals surface area (Å²) in [4.78, 5) is 2.26. The van der Waals surface area contributed by atoms with Crippen LogP contribution in [0, 0.1) is 16.7 Å². The summed E-state index contributed by atoms with van der Waals surface area (Å²) in [6, 6.07) is 8.53. The average Bonchev–Trinajstić information content (AvgIpc) is 2.38. The van der Waals surface area contributed by atoms with Gasteiger partial charge in [0.1, 0.15) is 0 Å². The summed E-state index contributed by atoms with van der Waals surface area (Å²) in [6.07, 6.45) is 4.29. The molecule has 1 unspecified atom stereocenters. The highest BCUT2D eigenvalue weighted by molar-refractivity contribution is 5.56. The van der Waals surface area contributed by atoms with Crippen molar-refractivity contribution in [1.29, 1.82) is 5.26 Å². The van der Waals surface area contributed by atoms with Gasteiger partial charge in [-0.15, -0.1) is 0 Å². The van der Waals surface area contributed by atoms with E-state index in [1.807, 2.05) is 6.07 Å². The number of aryl methyl sites for hydroxylation is 1. The van der Waals surface area contributed by atoms with Crippen molar-refractivity contribution in [2.75, 3.05) is 18.5 Å². The van der Waals surface area contributed by atoms with Gasteiger partial charge in [-0.1, -0.05) is 18.6 Å². The smallest absolute Gasteiger partial charge is 0.0976 e. The van der Waals surface area contributed by atoms with Crippen LogP contribution in [-0.4, -0.2) is 18.7 Å². The molecule has 2 aliphatic rings. The Balaban J connectivity index is 1.92. The summed E-state index contributed by atoms with van der Waals surface area (Å²) in [6.45, 7) is 1.09. The van der Waals surface area contributed by atoms with Crippen LogP contribution in [0.1, 0.15) is 42.9 Å². The van der Waals surface area contributed by atoms with E-state index >= 15 is 0 Å². The Morgan fingerprint density at radius 2 is 2.16 bits per heavy atom. The van der Waals surface area contributed by atoms with Crippen molar-refractivity contribution < 1.29 is 5.11 Å².